The van der Waals surface area contributed by atoms with Crippen LogP contribution in [0.2, 0.25) is 0 Å². The maximum atomic E-state index is 5.49. The molecule has 5 heteroatoms. The summed E-state index contributed by atoms with van der Waals surface area (Å²) in [4.78, 5) is 2.38. The van der Waals surface area contributed by atoms with Crippen LogP contribution in [0.1, 0.15) is 25.0 Å². The third kappa shape index (κ3) is 4.24. The number of anilines is 1. The van der Waals surface area contributed by atoms with Crippen molar-refractivity contribution in [3.63, 3.8) is 0 Å². The lowest BCUT2D eigenvalue weighted by atomic mass is 10.1. The van der Waals surface area contributed by atoms with Crippen LogP contribution >= 0.6 is 0 Å². The molecule has 0 aliphatic carbocycles. The largest absolute Gasteiger partial charge is 0.496 e. The van der Waals surface area contributed by atoms with Crippen LogP contribution in [0.4, 0.5) is 5.82 Å². The minimum Gasteiger partial charge on any atom is -0.496 e. The molecule has 0 aliphatic heterocycles. The Balaban J connectivity index is 2.08. The van der Waals surface area contributed by atoms with E-state index in [1.54, 1.807) is 11.8 Å². The van der Waals surface area contributed by atoms with E-state index in [1.807, 2.05) is 25.4 Å². The van der Waals surface area contributed by atoms with Gasteiger partial charge in [0.15, 0.2) is 0 Å². The minimum atomic E-state index is 0.756. The van der Waals surface area contributed by atoms with E-state index in [0.29, 0.717) is 0 Å². The van der Waals surface area contributed by atoms with Gasteiger partial charge in [-0.3, -0.25) is 9.58 Å². The molecule has 22 heavy (non-hydrogen) atoms. The van der Waals surface area contributed by atoms with Crippen molar-refractivity contribution in [1.29, 1.82) is 0 Å². The molecular weight excluding hydrogens is 276 g/mol. The first kappa shape index (κ1) is 16.4. The fourth-order valence-electron chi connectivity index (χ4n) is 2.46. The number of hydrogen-bond donors (Lipinski definition) is 1. The standard InChI is InChI=1S/C17H26N4O/c1-5-21(6-2)13-15-11-14(7-8-16(15)22-4)12-18-17-9-10-20(3)19-17/h7-11H,5-6,12-13H2,1-4H3,(H,18,19). The predicted molar refractivity (Wildman–Crippen MR) is 90.2 cm³/mol. The molecular formula is C17H26N4O. The quantitative estimate of drug-likeness (QED) is 0.814. The van der Waals surface area contributed by atoms with Gasteiger partial charge in [0.25, 0.3) is 0 Å². The van der Waals surface area contributed by atoms with Crippen molar-refractivity contribution in [2.75, 3.05) is 25.5 Å². The van der Waals surface area contributed by atoms with Gasteiger partial charge in [-0.25, -0.2) is 0 Å². The first-order valence-corrected chi connectivity index (χ1v) is 7.77. The van der Waals surface area contributed by atoms with Crippen molar-refractivity contribution in [3.05, 3.63) is 41.6 Å². The first-order chi connectivity index (χ1) is 10.7. The number of nitrogens with zero attached hydrogens (tertiary/aromatic N) is 3. The Hall–Kier alpha value is -2.01. The highest BCUT2D eigenvalue weighted by molar-refractivity contribution is 5.40. The van der Waals surface area contributed by atoms with Crippen LogP contribution in [-0.4, -0.2) is 34.9 Å². The molecule has 0 atom stereocenters. The Bertz CT molecular complexity index is 590. The van der Waals surface area contributed by atoms with E-state index in [4.69, 9.17) is 4.74 Å². The zero-order chi connectivity index (χ0) is 15.9. The normalized spacial score (nSPS) is 11.0. The molecule has 0 bridgehead atoms. The monoisotopic (exact) mass is 302 g/mol. The maximum absolute atomic E-state index is 5.49. The average Bonchev–Trinajstić information content (AvgIpc) is 2.96. The Morgan fingerprint density at radius 2 is 2.00 bits per heavy atom. The number of aryl methyl sites for hydroxylation is 1. The van der Waals surface area contributed by atoms with Gasteiger partial charge in [-0.2, -0.15) is 5.10 Å². The smallest absolute Gasteiger partial charge is 0.148 e. The maximum Gasteiger partial charge on any atom is 0.148 e. The van der Waals surface area contributed by atoms with Gasteiger partial charge in [0.1, 0.15) is 11.6 Å². The van der Waals surface area contributed by atoms with Crippen LogP contribution in [-0.2, 0) is 20.1 Å². The number of ether oxygens (including phenoxy) is 1. The van der Waals surface area contributed by atoms with Crippen molar-refractivity contribution in [3.8, 4) is 5.75 Å². The summed E-state index contributed by atoms with van der Waals surface area (Å²) in [7, 11) is 3.65. The van der Waals surface area contributed by atoms with Crippen LogP contribution in [0.25, 0.3) is 0 Å². The SMILES string of the molecule is CCN(CC)Cc1cc(CNc2ccn(C)n2)ccc1OC. The predicted octanol–water partition coefficient (Wildman–Crippen LogP) is 2.88. The molecule has 0 saturated heterocycles. The molecule has 1 aromatic carbocycles. The fraction of sp³-hybridized carbons (Fsp3) is 0.471. The molecule has 2 rings (SSSR count). The van der Waals surface area contributed by atoms with Crippen LogP contribution in [0, 0.1) is 0 Å². The fourth-order valence-corrected chi connectivity index (χ4v) is 2.46. The van der Waals surface area contributed by atoms with E-state index >= 15 is 0 Å². The molecule has 0 radical (unpaired) electrons. The Morgan fingerprint density at radius 1 is 1.23 bits per heavy atom. The third-order valence-corrected chi connectivity index (χ3v) is 3.82. The second-order valence-electron chi connectivity index (χ2n) is 5.34. The van der Waals surface area contributed by atoms with Crippen LogP contribution in [0.5, 0.6) is 5.75 Å². The van der Waals surface area contributed by atoms with Crippen LogP contribution < -0.4 is 10.1 Å². The van der Waals surface area contributed by atoms with E-state index < -0.39 is 0 Å². The Labute approximate surface area is 132 Å². The second-order valence-corrected chi connectivity index (χ2v) is 5.34. The molecule has 1 heterocycles. The van der Waals surface area contributed by atoms with Gasteiger partial charge in [0, 0.05) is 38.0 Å². The molecule has 1 aromatic heterocycles. The van der Waals surface area contributed by atoms with Gasteiger partial charge in [-0.15, -0.1) is 0 Å². The summed E-state index contributed by atoms with van der Waals surface area (Å²) in [5, 5.41) is 7.67. The van der Waals surface area contributed by atoms with Gasteiger partial charge < -0.3 is 10.1 Å². The molecule has 0 spiro atoms. The highest BCUT2D eigenvalue weighted by Gasteiger charge is 2.08. The highest BCUT2D eigenvalue weighted by Crippen LogP contribution is 2.22. The highest BCUT2D eigenvalue weighted by atomic mass is 16.5. The summed E-state index contributed by atoms with van der Waals surface area (Å²) >= 11 is 0. The van der Waals surface area contributed by atoms with E-state index in [1.165, 1.54) is 11.1 Å². The summed E-state index contributed by atoms with van der Waals surface area (Å²) in [6.45, 7) is 8.11. The third-order valence-electron chi connectivity index (χ3n) is 3.82. The molecule has 120 valence electrons. The molecule has 5 nitrogen and oxygen atoms in total. The van der Waals surface area contributed by atoms with Crippen molar-refractivity contribution in [2.24, 2.45) is 7.05 Å². The van der Waals surface area contributed by atoms with Crippen molar-refractivity contribution >= 4 is 5.82 Å². The average molecular weight is 302 g/mol. The summed E-state index contributed by atoms with van der Waals surface area (Å²) in [5.74, 6) is 1.84. The lowest BCUT2D eigenvalue weighted by Gasteiger charge is -2.20. The van der Waals surface area contributed by atoms with Crippen molar-refractivity contribution in [2.45, 2.75) is 26.9 Å². The Morgan fingerprint density at radius 3 is 2.59 bits per heavy atom. The van der Waals surface area contributed by atoms with Crippen LogP contribution in [0.3, 0.4) is 0 Å². The van der Waals surface area contributed by atoms with Crippen molar-refractivity contribution < 1.29 is 4.74 Å². The van der Waals surface area contributed by atoms with E-state index in [-0.39, 0.29) is 0 Å². The Kier molecular flexibility index (Phi) is 5.83. The lowest BCUT2D eigenvalue weighted by molar-refractivity contribution is 0.289. The number of benzene rings is 1. The number of hydrogen-bond acceptors (Lipinski definition) is 4. The first-order valence-electron chi connectivity index (χ1n) is 7.77. The topological polar surface area (TPSA) is 42.3 Å². The van der Waals surface area contributed by atoms with Crippen LogP contribution in [0.15, 0.2) is 30.5 Å². The summed E-state index contributed by atoms with van der Waals surface area (Å²) in [6.07, 6.45) is 1.93. The van der Waals surface area contributed by atoms with E-state index in [0.717, 1.165) is 37.7 Å². The second kappa shape index (κ2) is 7.84. The molecule has 1 N–H and O–H groups in total. The van der Waals surface area contributed by atoms with Gasteiger partial charge in [0.2, 0.25) is 0 Å². The number of nitrogens with one attached hydrogen (secondary N) is 1. The molecule has 0 amide bonds. The summed E-state index contributed by atoms with van der Waals surface area (Å²) < 4.78 is 7.29. The summed E-state index contributed by atoms with van der Waals surface area (Å²) in [5.41, 5.74) is 2.46. The van der Waals surface area contributed by atoms with Crippen molar-refractivity contribution in [1.82, 2.24) is 14.7 Å². The molecule has 0 saturated carbocycles. The molecule has 0 unspecified atom stereocenters. The number of aromatic nitrogens is 2. The lowest BCUT2D eigenvalue weighted by Crippen LogP contribution is -2.22. The number of rotatable bonds is 8. The zero-order valence-electron chi connectivity index (χ0n) is 14.0. The summed E-state index contributed by atoms with van der Waals surface area (Å²) in [6, 6.07) is 8.34. The van der Waals surface area contributed by atoms with Gasteiger partial charge in [-0.05, 0) is 30.8 Å². The van der Waals surface area contributed by atoms with Gasteiger partial charge in [-0.1, -0.05) is 19.9 Å². The minimum absolute atomic E-state index is 0.756. The van der Waals surface area contributed by atoms with E-state index in [2.05, 4.69) is 41.3 Å². The van der Waals surface area contributed by atoms with E-state index in [9.17, 15) is 0 Å². The molecule has 0 fully saturated rings. The molecule has 2 aromatic rings. The zero-order valence-corrected chi connectivity index (χ0v) is 14.0. The molecule has 0 aliphatic rings. The van der Waals surface area contributed by atoms with Gasteiger partial charge in [0.05, 0.1) is 7.11 Å². The number of methoxy groups -OCH3 is 1. The van der Waals surface area contributed by atoms with Gasteiger partial charge >= 0.3 is 0 Å².